The van der Waals surface area contributed by atoms with Crippen LogP contribution in [-0.4, -0.2) is 84.1 Å². The first-order valence-electron chi connectivity index (χ1n) is 22.3. The van der Waals surface area contributed by atoms with Crippen LogP contribution in [0.25, 0.3) is 0 Å². The van der Waals surface area contributed by atoms with Crippen LogP contribution in [-0.2, 0) is 9.59 Å². The van der Waals surface area contributed by atoms with Crippen LogP contribution in [0.15, 0.2) is 146 Å². The first kappa shape index (κ1) is 48.0. The van der Waals surface area contributed by atoms with Crippen LogP contribution in [0.2, 0.25) is 10.0 Å². The van der Waals surface area contributed by atoms with Gasteiger partial charge in [-0.25, -0.2) is 8.78 Å². The lowest BCUT2D eigenvalue weighted by atomic mass is 9.94. The van der Waals surface area contributed by atoms with Crippen LogP contribution in [0.1, 0.15) is 60.3 Å². The molecule has 2 aliphatic heterocycles. The maximum Gasteiger partial charge on any atom is 0.224 e. The van der Waals surface area contributed by atoms with Gasteiger partial charge in [0.25, 0.3) is 0 Å². The second kappa shape index (κ2) is 24.6. The molecule has 14 heteroatoms. The number of amides is 2. The number of halogens is 4. The molecule has 2 N–H and O–H groups in total. The highest BCUT2D eigenvalue weighted by Gasteiger charge is 2.29. The molecule has 66 heavy (non-hydrogen) atoms. The van der Waals surface area contributed by atoms with Crippen molar-refractivity contribution in [1.82, 2.24) is 30.4 Å². The van der Waals surface area contributed by atoms with E-state index in [-0.39, 0.29) is 35.3 Å². The number of nitrogens with zero attached hydrogens (tertiary/aromatic N) is 4. The molecule has 2 amide bonds. The van der Waals surface area contributed by atoms with Gasteiger partial charge in [-0.1, -0.05) is 83.9 Å². The Morgan fingerprint density at radius 1 is 0.545 bits per heavy atom. The molecule has 0 radical (unpaired) electrons. The van der Waals surface area contributed by atoms with Gasteiger partial charge in [-0.2, -0.15) is 0 Å². The lowest BCUT2D eigenvalue weighted by molar-refractivity contribution is -0.127. The summed E-state index contributed by atoms with van der Waals surface area (Å²) < 4.78 is 38.4. The summed E-state index contributed by atoms with van der Waals surface area (Å²) in [6.45, 7) is 5.98. The number of para-hydroxylation sites is 2. The Kier molecular flexibility index (Phi) is 17.9. The molecule has 2 fully saturated rings. The molecule has 6 aromatic rings. The molecule has 2 unspecified atom stereocenters. The third-order valence-corrected chi connectivity index (χ3v) is 12.5. The van der Waals surface area contributed by atoms with Gasteiger partial charge in [0.15, 0.2) is 0 Å². The van der Waals surface area contributed by atoms with Gasteiger partial charge in [0, 0.05) is 37.3 Å². The summed E-state index contributed by atoms with van der Waals surface area (Å²) in [7, 11) is 0. The molecule has 344 valence electrons. The summed E-state index contributed by atoms with van der Waals surface area (Å²) in [5.41, 5.74) is 3.06. The van der Waals surface area contributed by atoms with Gasteiger partial charge >= 0.3 is 0 Å². The molecule has 2 atom stereocenters. The predicted octanol–water partition coefficient (Wildman–Crippen LogP) is 9.74. The molecule has 0 bridgehead atoms. The van der Waals surface area contributed by atoms with E-state index in [4.69, 9.17) is 32.7 Å². The van der Waals surface area contributed by atoms with Crippen LogP contribution in [0, 0.1) is 23.5 Å². The van der Waals surface area contributed by atoms with Gasteiger partial charge < -0.3 is 20.1 Å². The van der Waals surface area contributed by atoms with E-state index in [0.29, 0.717) is 34.8 Å². The molecule has 2 aliphatic rings. The van der Waals surface area contributed by atoms with Crippen LogP contribution in [0.4, 0.5) is 8.78 Å². The Morgan fingerprint density at radius 2 is 0.909 bits per heavy atom. The van der Waals surface area contributed by atoms with Crippen molar-refractivity contribution in [3.63, 3.8) is 0 Å². The van der Waals surface area contributed by atoms with E-state index >= 15 is 0 Å². The molecule has 0 spiro atoms. The molecular formula is C52H54Cl2F2N6O4. The van der Waals surface area contributed by atoms with Gasteiger partial charge in [-0.05, 0) is 136 Å². The fourth-order valence-electron chi connectivity index (χ4n) is 8.11. The van der Waals surface area contributed by atoms with Crippen LogP contribution < -0.4 is 20.1 Å². The van der Waals surface area contributed by atoms with Gasteiger partial charge in [-0.15, -0.1) is 0 Å². The Morgan fingerprint density at radius 3 is 1.26 bits per heavy atom. The number of aromatic nitrogens is 2. The third kappa shape index (κ3) is 14.0. The van der Waals surface area contributed by atoms with Crippen molar-refractivity contribution in [3.8, 4) is 11.5 Å². The van der Waals surface area contributed by atoms with E-state index in [0.717, 1.165) is 87.5 Å². The largest absolute Gasteiger partial charge is 0.491 e. The summed E-state index contributed by atoms with van der Waals surface area (Å²) in [5, 5.41) is 7.50. The van der Waals surface area contributed by atoms with Crippen molar-refractivity contribution in [2.24, 2.45) is 11.8 Å². The van der Waals surface area contributed by atoms with E-state index in [9.17, 15) is 18.4 Å². The zero-order chi connectivity index (χ0) is 46.1. The van der Waals surface area contributed by atoms with Crippen LogP contribution in [0.3, 0.4) is 0 Å². The minimum absolute atomic E-state index is 0.00180. The second-order valence-electron chi connectivity index (χ2n) is 16.3. The first-order valence-corrected chi connectivity index (χ1v) is 23.1. The average Bonchev–Trinajstić information content (AvgIpc) is 3.35. The predicted molar refractivity (Wildman–Crippen MR) is 253 cm³/mol. The smallest absolute Gasteiger partial charge is 0.224 e. The number of hydrogen-bond acceptors (Lipinski definition) is 8. The van der Waals surface area contributed by atoms with Crippen molar-refractivity contribution in [2.75, 3.05) is 52.5 Å². The summed E-state index contributed by atoms with van der Waals surface area (Å²) in [5.74, 6) is 0.620. The number of carbonyl (C=O) groups is 2. The number of ether oxygens (including phenoxy) is 2. The fraction of sp³-hybridized carbons (Fsp3) is 0.308. The summed E-state index contributed by atoms with van der Waals surface area (Å²) >= 11 is 12.3. The van der Waals surface area contributed by atoms with Crippen molar-refractivity contribution in [3.05, 3.63) is 190 Å². The lowest BCUT2D eigenvalue weighted by Crippen LogP contribution is -2.43. The highest BCUT2D eigenvalue weighted by atomic mass is 35.5. The van der Waals surface area contributed by atoms with Crippen molar-refractivity contribution < 1.29 is 27.8 Å². The molecule has 4 aromatic carbocycles. The number of hydrogen-bond donors (Lipinski definition) is 2. The molecule has 10 nitrogen and oxygen atoms in total. The van der Waals surface area contributed by atoms with Crippen molar-refractivity contribution in [1.29, 1.82) is 0 Å². The first-order chi connectivity index (χ1) is 32.2. The molecular weight excluding hydrogens is 882 g/mol. The molecule has 4 heterocycles. The second-order valence-corrected chi connectivity index (χ2v) is 17.1. The van der Waals surface area contributed by atoms with Crippen molar-refractivity contribution >= 4 is 35.0 Å². The maximum absolute atomic E-state index is 13.4. The van der Waals surface area contributed by atoms with E-state index in [1.165, 1.54) is 24.3 Å². The Labute approximate surface area is 395 Å². The topological polar surface area (TPSA) is 109 Å². The number of benzene rings is 4. The van der Waals surface area contributed by atoms with Gasteiger partial charge in [0.2, 0.25) is 11.8 Å². The van der Waals surface area contributed by atoms with Crippen molar-refractivity contribution in [2.45, 2.75) is 37.8 Å². The quantitative estimate of drug-likeness (QED) is 0.0989. The number of pyridine rings is 2. The SMILES string of the molecule is O=C(NC(c1ccc(F)cc1)c1ccccn1)C1CCN(CCOc2ccccc2Cl)CC1.O=C(NC(c1ccc(F)cc1)c1ccccn1)C1CCN(CCOc2ccccc2Cl)CC1. The summed E-state index contributed by atoms with van der Waals surface area (Å²) in [6.07, 6.45) is 6.49. The van der Waals surface area contributed by atoms with Crippen LogP contribution >= 0.6 is 23.2 Å². The number of rotatable bonds is 16. The minimum atomic E-state index is -0.415. The molecule has 2 saturated heterocycles. The van der Waals surface area contributed by atoms with Crippen LogP contribution in [0.5, 0.6) is 11.5 Å². The number of carbonyl (C=O) groups excluding carboxylic acids is 2. The summed E-state index contributed by atoms with van der Waals surface area (Å²) in [6, 6.07) is 37.6. The fourth-order valence-corrected chi connectivity index (χ4v) is 8.49. The molecule has 0 saturated carbocycles. The molecule has 2 aromatic heterocycles. The Balaban J connectivity index is 0.000000196. The standard InChI is InChI=1S/2C26H27ClFN3O2/c2*27-22-5-1-2-7-24(22)33-18-17-31-15-12-20(13-16-31)26(32)30-25(23-6-3-4-14-29-23)19-8-10-21(28)11-9-19/h2*1-11,14,20,25H,12-13,15-18H2,(H,30,32). The van der Waals surface area contributed by atoms with E-state index < -0.39 is 12.1 Å². The Hall–Kier alpha value is -5.92. The highest BCUT2D eigenvalue weighted by Crippen LogP contribution is 2.28. The average molecular weight is 936 g/mol. The lowest BCUT2D eigenvalue weighted by Gasteiger charge is -2.32. The monoisotopic (exact) mass is 934 g/mol. The van der Waals surface area contributed by atoms with E-state index in [1.807, 2.05) is 84.9 Å². The Bertz CT molecular complexity index is 2250. The van der Waals surface area contributed by atoms with E-state index in [2.05, 4.69) is 30.4 Å². The van der Waals surface area contributed by atoms with Gasteiger partial charge in [0.1, 0.15) is 36.3 Å². The minimum Gasteiger partial charge on any atom is -0.491 e. The molecule has 8 rings (SSSR count). The zero-order valence-corrected chi connectivity index (χ0v) is 38.1. The highest BCUT2D eigenvalue weighted by molar-refractivity contribution is 6.32. The van der Waals surface area contributed by atoms with E-state index in [1.54, 1.807) is 36.7 Å². The number of nitrogens with one attached hydrogen (secondary N) is 2. The molecule has 0 aliphatic carbocycles. The third-order valence-electron chi connectivity index (χ3n) is 11.9. The maximum atomic E-state index is 13.4. The number of likely N-dealkylation sites (tertiary alicyclic amines) is 2. The zero-order valence-electron chi connectivity index (χ0n) is 36.6. The van der Waals surface area contributed by atoms with Gasteiger partial charge in [0.05, 0.1) is 33.5 Å². The normalized spacial score (nSPS) is 15.7. The summed E-state index contributed by atoms with van der Waals surface area (Å²) in [4.78, 5) is 39.6. The number of piperidine rings is 2. The van der Waals surface area contributed by atoms with Gasteiger partial charge in [-0.3, -0.25) is 29.4 Å².